The van der Waals surface area contributed by atoms with E-state index in [2.05, 4.69) is 47.8 Å². The van der Waals surface area contributed by atoms with Crippen molar-refractivity contribution in [2.45, 2.75) is 51.2 Å². The highest BCUT2D eigenvalue weighted by molar-refractivity contribution is 7.99. The van der Waals surface area contributed by atoms with E-state index in [-0.39, 0.29) is 5.60 Å². The molecule has 0 amide bonds. The monoisotopic (exact) mass is 280 g/mol. The van der Waals surface area contributed by atoms with E-state index in [1.54, 1.807) is 0 Å². The van der Waals surface area contributed by atoms with Gasteiger partial charge in [0.2, 0.25) is 0 Å². The van der Waals surface area contributed by atoms with Crippen molar-refractivity contribution in [3.63, 3.8) is 0 Å². The van der Waals surface area contributed by atoms with Crippen LogP contribution in [-0.2, 0) is 4.74 Å². The van der Waals surface area contributed by atoms with Crippen molar-refractivity contribution in [3.8, 4) is 0 Å². The Morgan fingerprint density at radius 3 is 2.63 bits per heavy atom. The molecule has 0 bridgehead atoms. The number of aromatic nitrogens is 1. The predicted molar refractivity (Wildman–Crippen MR) is 81.5 cm³/mol. The summed E-state index contributed by atoms with van der Waals surface area (Å²) in [5.74, 6) is 2.52. The lowest BCUT2D eigenvalue weighted by molar-refractivity contribution is -0.0877. The van der Waals surface area contributed by atoms with Crippen LogP contribution in [0, 0.1) is 13.8 Å². The minimum absolute atomic E-state index is 0.163. The summed E-state index contributed by atoms with van der Waals surface area (Å²) in [6, 6.07) is 4.89. The summed E-state index contributed by atoms with van der Waals surface area (Å²) >= 11 is 2.07. The molecule has 1 unspecified atom stereocenters. The molecule has 2 aliphatic rings. The summed E-state index contributed by atoms with van der Waals surface area (Å²) in [4.78, 5) is 0. The van der Waals surface area contributed by atoms with Crippen LogP contribution in [0.2, 0.25) is 0 Å². The minimum atomic E-state index is 0.163. The normalized spacial score (nSPS) is 26.5. The molecule has 0 saturated carbocycles. The maximum Gasteiger partial charge on any atom is 0.0718 e. The van der Waals surface area contributed by atoms with Gasteiger partial charge < -0.3 is 10.2 Å². The van der Waals surface area contributed by atoms with E-state index in [9.17, 15) is 0 Å². The Morgan fingerprint density at radius 1 is 1.26 bits per heavy atom. The number of hydrogen-bond acceptors (Lipinski definition) is 3. The second-order valence-corrected chi connectivity index (χ2v) is 7.14. The molecule has 19 heavy (non-hydrogen) atoms. The zero-order valence-electron chi connectivity index (χ0n) is 11.9. The largest absolute Gasteiger partial charge is 0.375 e. The SMILES string of the molecule is Cc1ccc(C)n1NC1CCOC2(CCSCC2)C1. The molecule has 3 nitrogen and oxygen atoms in total. The lowest BCUT2D eigenvalue weighted by atomic mass is 9.86. The molecule has 1 atom stereocenters. The molecule has 4 heteroatoms. The average molecular weight is 280 g/mol. The Hall–Kier alpha value is -0.610. The minimum Gasteiger partial charge on any atom is -0.375 e. The Balaban J connectivity index is 1.68. The third kappa shape index (κ3) is 2.79. The number of aryl methyl sites for hydroxylation is 2. The first kappa shape index (κ1) is 13.4. The van der Waals surface area contributed by atoms with E-state index < -0.39 is 0 Å². The van der Waals surface area contributed by atoms with Gasteiger partial charge in [0, 0.05) is 24.0 Å². The summed E-state index contributed by atoms with van der Waals surface area (Å²) in [7, 11) is 0. The average Bonchev–Trinajstić information content (AvgIpc) is 2.72. The molecule has 106 valence electrons. The maximum absolute atomic E-state index is 6.15. The van der Waals surface area contributed by atoms with Crippen LogP contribution in [0.4, 0.5) is 0 Å². The molecule has 0 aliphatic carbocycles. The van der Waals surface area contributed by atoms with Gasteiger partial charge in [0.25, 0.3) is 0 Å². The highest BCUT2D eigenvalue weighted by Crippen LogP contribution is 2.37. The van der Waals surface area contributed by atoms with Crippen molar-refractivity contribution in [1.29, 1.82) is 0 Å². The van der Waals surface area contributed by atoms with Gasteiger partial charge in [-0.25, -0.2) is 0 Å². The molecule has 3 heterocycles. The highest BCUT2D eigenvalue weighted by Gasteiger charge is 2.38. The van der Waals surface area contributed by atoms with Gasteiger partial charge in [0.1, 0.15) is 0 Å². The van der Waals surface area contributed by atoms with Crippen molar-refractivity contribution in [3.05, 3.63) is 23.5 Å². The van der Waals surface area contributed by atoms with E-state index in [1.165, 1.54) is 35.7 Å². The molecule has 1 aromatic heterocycles. The number of rotatable bonds is 2. The molecular weight excluding hydrogens is 256 g/mol. The second kappa shape index (κ2) is 5.41. The van der Waals surface area contributed by atoms with Crippen LogP contribution < -0.4 is 5.43 Å². The second-order valence-electron chi connectivity index (χ2n) is 5.91. The van der Waals surface area contributed by atoms with E-state index in [0.717, 1.165) is 19.4 Å². The smallest absolute Gasteiger partial charge is 0.0718 e. The van der Waals surface area contributed by atoms with Crippen molar-refractivity contribution in [2.24, 2.45) is 0 Å². The van der Waals surface area contributed by atoms with Crippen LogP contribution in [0.25, 0.3) is 0 Å². The van der Waals surface area contributed by atoms with Crippen LogP contribution in [0.5, 0.6) is 0 Å². The molecule has 1 N–H and O–H groups in total. The molecule has 1 spiro atoms. The summed E-state index contributed by atoms with van der Waals surface area (Å²) in [5.41, 5.74) is 6.44. The fourth-order valence-corrected chi connectivity index (χ4v) is 4.52. The van der Waals surface area contributed by atoms with Crippen molar-refractivity contribution in [1.82, 2.24) is 4.68 Å². The molecule has 0 radical (unpaired) electrons. The van der Waals surface area contributed by atoms with Crippen LogP contribution in [0.3, 0.4) is 0 Å². The fraction of sp³-hybridized carbons (Fsp3) is 0.733. The molecule has 2 fully saturated rings. The Kier molecular flexibility index (Phi) is 3.81. The molecular formula is C15H24N2OS. The lowest BCUT2D eigenvalue weighted by Crippen LogP contribution is -2.48. The van der Waals surface area contributed by atoms with E-state index in [0.29, 0.717) is 6.04 Å². The quantitative estimate of drug-likeness (QED) is 0.901. The molecule has 3 rings (SSSR count). The first-order chi connectivity index (χ1) is 9.19. The van der Waals surface area contributed by atoms with Crippen molar-refractivity contribution >= 4 is 11.8 Å². The van der Waals surface area contributed by atoms with E-state index in [4.69, 9.17) is 4.74 Å². The van der Waals surface area contributed by atoms with Crippen LogP contribution >= 0.6 is 11.8 Å². The summed E-state index contributed by atoms with van der Waals surface area (Å²) in [6.07, 6.45) is 4.72. The molecule has 0 aromatic carbocycles. The summed E-state index contributed by atoms with van der Waals surface area (Å²) in [5, 5.41) is 0. The molecule has 2 aliphatic heterocycles. The maximum atomic E-state index is 6.15. The molecule has 1 aromatic rings. The number of nitrogens with one attached hydrogen (secondary N) is 1. The van der Waals surface area contributed by atoms with Gasteiger partial charge in [-0.2, -0.15) is 11.8 Å². The Morgan fingerprint density at radius 2 is 1.95 bits per heavy atom. The van der Waals surface area contributed by atoms with Gasteiger partial charge in [-0.3, -0.25) is 4.68 Å². The zero-order valence-corrected chi connectivity index (χ0v) is 12.8. The van der Waals surface area contributed by atoms with Crippen LogP contribution in [-0.4, -0.2) is 34.4 Å². The van der Waals surface area contributed by atoms with Gasteiger partial charge in [-0.15, -0.1) is 0 Å². The number of nitrogens with zero attached hydrogens (tertiary/aromatic N) is 1. The highest BCUT2D eigenvalue weighted by atomic mass is 32.2. The first-order valence-corrected chi connectivity index (χ1v) is 8.47. The summed E-state index contributed by atoms with van der Waals surface area (Å²) in [6.45, 7) is 5.22. The Bertz CT molecular complexity index is 412. The summed E-state index contributed by atoms with van der Waals surface area (Å²) < 4.78 is 8.39. The third-order valence-electron chi connectivity index (χ3n) is 4.48. The number of ether oxygens (including phenoxy) is 1. The van der Waals surface area contributed by atoms with E-state index >= 15 is 0 Å². The number of thioether (sulfide) groups is 1. The first-order valence-electron chi connectivity index (χ1n) is 7.32. The Labute approximate surface area is 120 Å². The van der Waals surface area contributed by atoms with Gasteiger partial charge in [0.15, 0.2) is 0 Å². The lowest BCUT2D eigenvalue weighted by Gasteiger charge is -2.43. The van der Waals surface area contributed by atoms with Gasteiger partial charge in [-0.1, -0.05) is 0 Å². The van der Waals surface area contributed by atoms with Gasteiger partial charge in [0.05, 0.1) is 5.60 Å². The van der Waals surface area contributed by atoms with Crippen LogP contribution in [0.1, 0.15) is 37.1 Å². The third-order valence-corrected chi connectivity index (χ3v) is 5.47. The van der Waals surface area contributed by atoms with Crippen molar-refractivity contribution < 1.29 is 4.74 Å². The fourth-order valence-electron chi connectivity index (χ4n) is 3.28. The van der Waals surface area contributed by atoms with Crippen LogP contribution in [0.15, 0.2) is 12.1 Å². The zero-order chi connectivity index (χ0) is 13.3. The van der Waals surface area contributed by atoms with Gasteiger partial charge in [-0.05, 0) is 63.2 Å². The van der Waals surface area contributed by atoms with E-state index in [1.807, 2.05) is 0 Å². The standard InChI is InChI=1S/C15H24N2OS/c1-12-3-4-13(2)17(12)16-14-5-8-18-15(11-14)6-9-19-10-7-15/h3-4,14,16H,5-11H2,1-2H3. The molecule has 2 saturated heterocycles. The number of hydrogen-bond donors (Lipinski definition) is 1. The topological polar surface area (TPSA) is 26.2 Å². The predicted octanol–water partition coefficient (Wildman–Crippen LogP) is 3.09. The van der Waals surface area contributed by atoms with Crippen molar-refractivity contribution in [2.75, 3.05) is 23.5 Å². The van der Waals surface area contributed by atoms with Gasteiger partial charge >= 0.3 is 0 Å².